The Labute approximate surface area is 78.9 Å². The fourth-order valence-corrected chi connectivity index (χ4v) is 0.534. The van der Waals surface area contributed by atoms with Gasteiger partial charge in [0.1, 0.15) is 0 Å². The molecule has 0 N–H and O–H groups in total. The molecule has 0 saturated heterocycles. The van der Waals surface area contributed by atoms with E-state index in [2.05, 4.69) is 50.9 Å². The number of alkyl halides is 2. The quantitative estimate of drug-likeness (QED) is 0.627. The van der Waals surface area contributed by atoms with Gasteiger partial charge in [-0.3, -0.25) is 0 Å². The maximum Gasteiger partial charge on any atom is 0.0588 e. The Bertz CT molecular complexity index is 149. The highest BCUT2D eigenvalue weighted by atomic mass is 79.9. The van der Waals surface area contributed by atoms with Crippen LogP contribution < -0.4 is 0 Å². The summed E-state index contributed by atoms with van der Waals surface area (Å²) in [6, 6.07) is 10.3. The van der Waals surface area contributed by atoms with E-state index in [1.54, 1.807) is 0 Å². The Hall–Kier alpha value is 0.180. The Morgan fingerprint density at radius 2 is 1.50 bits per heavy atom. The van der Waals surface area contributed by atoms with Crippen LogP contribution in [0.1, 0.15) is 5.56 Å². The minimum absolute atomic E-state index is 0.875. The Kier molecular flexibility index (Phi) is 7.42. The number of rotatable bonds is 0. The molecule has 0 spiro atoms. The molecule has 0 fully saturated rings. The summed E-state index contributed by atoms with van der Waals surface area (Å²) < 4.78 is 0.875. The summed E-state index contributed by atoms with van der Waals surface area (Å²) in [6.45, 7) is 2.08. The fourth-order valence-electron chi connectivity index (χ4n) is 0.534. The Morgan fingerprint density at radius 3 is 1.70 bits per heavy atom. The van der Waals surface area contributed by atoms with Crippen LogP contribution in [-0.4, -0.2) is 4.24 Å². The van der Waals surface area contributed by atoms with Gasteiger partial charge >= 0.3 is 0 Å². The molecule has 0 bridgehead atoms. The largest absolute Gasteiger partial charge is 0.0802 e. The van der Waals surface area contributed by atoms with E-state index in [1.165, 1.54) is 5.56 Å². The number of halogens is 2. The summed E-state index contributed by atoms with van der Waals surface area (Å²) in [5.74, 6) is 0. The minimum Gasteiger partial charge on any atom is -0.0802 e. The lowest BCUT2D eigenvalue weighted by molar-refractivity contribution is 1.48. The highest BCUT2D eigenvalue weighted by Crippen LogP contribution is 1.92. The minimum atomic E-state index is 0.875. The molecule has 0 heterocycles. The van der Waals surface area contributed by atoms with Gasteiger partial charge < -0.3 is 0 Å². The number of benzene rings is 1. The summed E-state index contributed by atoms with van der Waals surface area (Å²) in [4.78, 5) is 0. The molecular weight excluding hydrogens is 256 g/mol. The first kappa shape index (κ1) is 10.2. The van der Waals surface area contributed by atoms with Gasteiger partial charge in [-0.25, -0.2) is 0 Å². The van der Waals surface area contributed by atoms with Crippen molar-refractivity contribution in [2.75, 3.05) is 4.24 Å². The average Bonchev–Trinajstić information content (AvgIpc) is 1.91. The maximum atomic E-state index is 3.06. The van der Waals surface area contributed by atoms with E-state index in [9.17, 15) is 0 Å². The van der Waals surface area contributed by atoms with E-state index >= 15 is 0 Å². The molecule has 0 unspecified atom stereocenters. The van der Waals surface area contributed by atoms with Crippen molar-refractivity contribution in [1.29, 1.82) is 0 Å². The molecule has 2 heteroatoms. The molecule has 0 aliphatic rings. The second-order valence-corrected chi connectivity index (χ2v) is 4.38. The van der Waals surface area contributed by atoms with Crippen LogP contribution in [0.25, 0.3) is 0 Å². The average molecular weight is 266 g/mol. The third-order valence-corrected chi connectivity index (χ3v) is 0.940. The molecule has 1 rings (SSSR count). The highest BCUT2D eigenvalue weighted by Gasteiger charge is 1.72. The maximum absolute atomic E-state index is 3.06. The lowest BCUT2D eigenvalue weighted by Gasteiger charge is -1.82. The van der Waals surface area contributed by atoms with Crippen LogP contribution in [0.5, 0.6) is 0 Å². The number of hydrogen-bond acceptors (Lipinski definition) is 0. The van der Waals surface area contributed by atoms with E-state index in [0.29, 0.717) is 0 Å². The zero-order valence-corrected chi connectivity index (χ0v) is 9.02. The monoisotopic (exact) mass is 264 g/mol. The Morgan fingerprint density at radius 1 is 1.10 bits per heavy atom. The first-order valence-electron chi connectivity index (χ1n) is 2.95. The summed E-state index contributed by atoms with van der Waals surface area (Å²) in [7, 11) is 0. The molecule has 10 heavy (non-hydrogen) atoms. The fraction of sp³-hybridized carbons (Fsp3) is 0.250. The molecule has 0 aromatic heterocycles. The molecule has 1 aromatic rings. The summed E-state index contributed by atoms with van der Waals surface area (Å²) in [5, 5.41) is 0. The third-order valence-electron chi connectivity index (χ3n) is 0.940. The van der Waals surface area contributed by atoms with E-state index in [4.69, 9.17) is 0 Å². The van der Waals surface area contributed by atoms with Crippen LogP contribution in [0, 0.1) is 6.92 Å². The molecular formula is C8H10Br2. The second-order valence-electron chi connectivity index (χ2n) is 1.76. The molecule has 0 nitrogen and oxygen atoms in total. The molecule has 1 aromatic carbocycles. The van der Waals surface area contributed by atoms with Crippen LogP contribution in [0.4, 0.5) is 0 Å². The summed E-state index contributed by atoms with van der Waals surface area (Å²) in [6.07, 6.45) is 0. The van der Waals surface area contributed by atoms with Gasteiger partial charge in [-0.1, -0.05) is 67.8 Å². The van der Waals surface area contributed by atoms with Crippen molar-refractivity contribution in [3.8, 4) is 0 Å². The standard InChI is InChI=1S/C7H8.CH2Br2/c1-7-5-3-2-4-6-7;2-1-3/h2-6H,1H3;1H2. The van der Waals surface area contributed by atoms with Crippen molar-refractivity contribution in [1.82, 2.24) is 0 Å². The summed E-state index contributed by atoms with van der Waals surface area (Å²) >= 11 is 6.12. The molecule has 0 aliphatic heterocycles. The zero-order chi connectivity index (χ0) is 7.82. The second kappa shape index (κ2) is 7.29. The van der Waals surface area contributed by atoms with Gasteiger partial charge in [-0.05, 0) is 6.92 Å². The lowest BCUT2D eigenvalue weighted by Crippen LogP contribution is -1.62. The molecule has 56 valence electrons. The highest BCUT2D eigenvalue weighted by molar-refractivity contribution is 9.24. The first-order valence-corrected chi connectivity index (χ1v) is 5.19. The van der Waals surface area contributed by atoms with Crippen molar-refractivity contribution >= 4 is 31.9 Å². The van der Waals surface area contributed by atoms with Gasteiger partial charge in [0.2, 0.25) is 0 Å². The smallest absolute Gasteiger partial charge is 0.0588 e. The van der Waals surface area contributed by atoms with Crippen molar-refractivity contribution in [3.05, 3.63) is 35.9 Å². The number of aryl methyl sites for hydroxylation is 1. The van der Waals surface area contributed by atoms with Crippen molar-refractivity contribution in [2.24, 2.45) is 0 Å². The normalized spacial score (nSPS) is 7.90. The molecule has 0 amide bonds. The predicted octanol–water partition coefficient (Wildman–Crippen LogP) is 3.73. The van der Waals surface area contributed by atoms with Crippen molar-refractivity contribution < 1.29 is 0 Å². The van der Waals surface area contributed by atoms with Crippen LogP contribution in [0.3, 0.4) is 0 Å². The molecule has 0 radical (unpaired) electrons. The third kappa shape index (κ3) is 6.30. The first-order chi connectivity index (χ1) is 4.81. The van der Waals surface area contributed by atoms with E-state index in [0.717, 1.165) is 4.24 Å². The van der Waals surface area contributed by atoms with Gasteiger partial charge in [-0.15, -0.1) is 0 Å². The Balaban J connectivity index is 0.000000236. The summed E-state index contributed by atoms with van der Waals surface area (Å²) in [5.41, 5.74) is 1.32. The van der Waals surface area contributed by atoms with Gasteiger partial charge in [0.05, 0.1) is 4.24 Å². The van der Waals surface area contributed by atoms with Crippen molar-refractivity contribution in [3.63, 3.8) is 0 Å². The van der Waals surface area contributed by atoms with Crippen LogP contribution in [0.15, 0.2) is 30.3 Å². The lowest BCUT2D eigenvalue weighted by atomic mass is 10.2. The van der Waals surface area contributed by atoms with E-state index in [-0.39, 0.29) is 0 Å². The number of hydrogen-bond donors (Lipinski definition) is 0. The molecule has 0 aliphatic carbocycles. The van der Waals surface area contributed by atoms with Gasteiger partial charge in [0.25, 0.3) is 0 Å². The SMILES string of the molecule is BrCBr.Cc1ccccc1. The van der Waals surface area contributed by atoms with Crippen molar-refractivity contribution in [2.45, 2.75) is 6.92 Å². The van der Waals surface area contributed by atoms with Crippen LogP contribution in [0.2, 0.25) is 0 Å². The predicted molar refractivity (Wildman–Crippen MR) is 53.9 cm³/mol. The van der Waals surface area contributed by atoms with Crippen LogP contribution in [-0.2, 0) is 0 Å². The van der Waals surface area contributed by atoms with Gasteiger partial charge in [0.15, 0.2) is 0 Å². The van der Waals surface area contributed by atoms with Crippen LogP contribution >= 0.6 is 31.9 Å². The topological polar surface area (TPSA) is 0 Å². The van der Waals surface area contributed by atoms with E-state index in [1.807, 2.05) is 18.2 Å². The van der Waals surface area contributed by atoms with Gasteiger partial charge in [-0.2, -0.15) is 0 Å². The molecule has 0 atom stereocenters. The zero-order valence-electron chi connectivity index (χ0n) is 5.85. The van der Waals surface area contributed by atoms with Gasteiger partial charge in [0, 0.05) is 0 Å². The van der Waals surface area contributed by atoms with E-state index < -0.39 is 0 Å². The molecule has 0 saturated carbocycles.